The van der Waals surface area contributed by atoms with Crippen LogP contribution >= 0.6 is 0 Å². The van der Waals surface area contributed by atoms with Gasteiger partial charge < -0.3 is 16.1 Å². The SMILES string of the molecule is CC(C)n1nccc1C(=O)N[C@H](C(=O)Nc1cnn(C(C(=NCC(F)(F)F)NN)C2CCC2)c1)C1CCC(F)(F)CC1. The Labute approximate surface area is 239 Å². The zero-order valence-corrected chi connectivity index (χ0v) is 23.4. The van der Waals surface area contributed by atoms with E-state index in [-0.39, 0.29) is 42.0 Å². The van der Waals surface area contributed by atoms with Crippen molar-refractivity contribution < 1.29 is 31.5 Å². The summed E-state index contributed by atoms with van der Waals surface area (Å²) >= 11 is 0. The lowest BCUT2D eigenvalue weighted by molar-refractivity contribution is -0.121. The Morgan fingerprint density at radius 2 is 1.83 bits per heavy atom. The van der Waals surface area contributed by atoms with Crippen LogP contribution in [0.25, 0.3) is 0 Å². The number of carbonyl (C=O) groups excluding carboxylic acids is 2. The van der Waals surface area contributed by atoms with Crippen molar-refractivity contribution in [2.24, 2.45) is 22.7 Å². The second-order valence-corrected chi connectivity index (χ2v) is 11.2. The third-order valence-electron chi connectivity index (χ3n) is 7.80. The Bertz CT molecular complexity index is 1260. The van der Waals surface area contributed by atoms with E-state index in [1.54, 1.807) is 0 Å². The minimum atomic E-state index is -4.52. The van der Waals surface area contributed by atoms with Gasteiger partial charge in [0.25, 0.3) is 5.91 Å². The minimum absolute atomic E-state index is 0.0268. The van der Waals surface area contributed by atoms with Crippen molar-refractivity contribution in [3.05, 3.63) is 30.4 Å². The third-order valence-corrected chi connectivity index (χ3v) is 7.80. The minimum Gasteiger partial charge on any atom is -0.339 e. The van der Waals surface area contributed by atoms with E-state index in [1.165, 1.54) is 34.0 Å². The monoisotopic (exact) mass is 601 g/mol. The van der Waals surface area contributed by atoms with Gasteiger partial charge in [-0.2, -0.15) is 23.4 Å². The van der Waals surface area contributed by atoms with Gasteiger partial charge in [0, 0.05) is 31.3 Å². The average Bonchev–Trinajstić information content (AvgIpc) is 3.55. The van der Waals surface area contributed by atoms with E-state index >= 15 is 0 Å². The predicted molar refractivity (Wildman–Crippen MR) is 144 cm³/mol. The number of nitrogens with zero attached hydrogens (tertiary/aromatic N) is 5. The first kappa shape index (κ1) is 31.4. The number of rotatable bonds is 10. The molecule has 5 N–H and O–H groups in total. The number of amidine groups is 1. The third kappa shape index (κ3) is 7.63. The largest absolute Gasteiger partial charge is 0.408 e. The summed E-state index contributed by atoms with van der Waals surface area (Å²) in [5, 5.41) is 13.8. The molecule has 2 aromatic rings. The summed E-state index contributed by atoms with van der Waals surface area (Å²) in [5.41, 5.74) is 2.71. The molecule has 2 fully saturated rings. The van der Waals surface area contributed by atoms with Gasteiger partial charge in [-0.05, 0) is 57.4 Å². The number of hydrogen-bond acceptors (Lipinski definition) is 6. The van der Waals surface area contributed by atoms with Crippen LogP contribution in [0.3, 0.4) is 0 Å². The van der Waals surface area contributed by atoms with Crippen molar-refractivity contribution in [2.45, 2.75) is 89.0 Å². The maximum Gasteiger partial charge on any atom is 0.408 e. The van der Waals surface area contributed by atoms with E-state index in [1.807, 2.05) is 13.8 Å². The van der Waals surface area contributed by atoms with Crippen LogP contribution in [0.1, 0.15) is 81.4 Å². The van der Waals surface area contributed by atoms with Crippen LogP contribution in [0, 0.1) is 11.8 Å². The molecule has 232 valence electrons. The van der Waals surface area contributed by atoms with Crippen molar-refractivity contribution in [1.82, 2.24) is 30.3 Å². The molecule has 4 rings (SSSR count). The van der Waals surface area contributed by atoms with Crippen LogP contribution in [0.4, 0.5) is 27.6 Å². The second-order valence-electron chi connectivity index (χ2n) is 11.2. The van der Waals surface area contributed by atoms with Crippen LogP contribution in [0.5, 0.6) is 0 Å². The summed E-state index contributed by atoms with van der Waals surface area (Å²) in [7, 11) is 0. The van der Waals surface area contributed by atoms with Gasteiger partial charge in [0.1, 0.15) is 30.2 Å². The van der Waals surface area contributed by atoms with Gasteiger partial charge in [0.15, 0.2) is 0 Å². The fraction of sp³-hybridized carbons (Fsp3) is 0.654. The fourth-order valence-corrected chi connectivity index (χ4v) is 5.41. The van der Waals surface area contributed by atoms with Gasteiger partial charge in [-0.15, -0.1) is 0 Å². The van der Waals surface area contributed by atoms with Crippen molar-refractivity contribution in [3.8, 4) is 0 Å². The molecule has 2 atom stereocenters. The Hall–Kier alpha value is -3.56. The number of nitrogens with two attached hydrogens (primary N) is 1. The molecule has 0 aromatic carbocycles. The molecule has 0 saturated heterocycles. The number of hydrogen-bond donors (Lipinski definition) is 4. The van der Waals surface area contributed by atoms with Crippen LogP contribution in [-0.2, 0) is 4.79 Å². The molecule has 0 radical (unpaired) electrons. The molecule has 2 heterocycles. The van der Waals surface area contributed by atoms with Crippen molar-refractivity contribution in [1.29, 1.82) is 0 Å². The lowest BCUT2D eigenvalue weighted by atomic mass is 9.79. The maximum absolute atomic E-state index is 13.9. The molecule has 0 aliphatic heterocycles. The maximum atomic E-state index is 13.9. The number of carbonyl (C=O) groups is 2. The number of aromatic nitrogens is 4. The lowest BCUT2D eigenvalue weighted by Gasteiger charge is -2.34. The molecule has 16 heteroatoms. The first-order chi connectivity index (χ1) is 19.8. The van der Waals surface area contributed by atoms with Gasteiger partial charge in [-0.3, -0.25) is 23.9 Å². The standard InChI is InChI=1S/C26H36F5N9O2/c1-15(2)40-19(8-11-34-40)23(41)37-20(16-6-9-25(27,28)10-7-16)24(42)36-18-12-35-39(13-18)21(17-4-3-5-17)22(38-32)33-14-26(29,30)31/h8,11-13,15-17,20-21H,3-7,9-10,14,32H2,1-2H3,(H,33,38)(H,36,42)(H,37,41)/t20-,21?/m0/s1. The van der Waals surface area contributed by atoms with Crippen molar-refractivity contribution in [2.75, 3.05) is 11.9 Å². The Morgan fingerprint density at radius 3 is 2.40 bits per heavy atom. The summed E-state index contributed by atoms with van der Waals surface area (Å²) in [6.45, 7) is 2.26. The van der Waals surface area contributed by atoms with Gasteiger partial charge >= 0.3 is 6.18 Å². The lowest BCUT2D eigenvalue weighted by Crippen LogP contribution is -2.50. The molecule has 2 saturated carbocycles. The number of halogens is 5. The number of hydrazine groups is 1. The molecule has 0 bridgehead atoms. The Morgan fingerprint density at radius 1 is 1.14 bits per heavy atom. The Balaban J connectivity index is 1.54. The topological polar surface area (TPSA) is 144 Å². The molecule has 2 aliphatic carbocycles. The highest BCUT2D eigenvalue weighted by Crippen LogP contribution is 2.39. The van der Waals surface area contributed by atoms with Crippen LogP contribution in [0.2, 0.25) is 0 Å². The summed E-state index contributed by atoms with van der Waals surface area (Å²) in [6.07, 6.45) is 1.29. The predicted octanol–water partition coefficient (Wildman–Crippen LogP) is 3.99. The molecular formula is C26H36F5N9O2. The van der Waals surface area contributed by atoms with E-state index in [9.17, 15) is 31.5 Å². The average molecular weight is 602 g/mol. The highest BCUT2D eigenvalue weighted by Gasteiger charge is 2.41. The molecule has 11 nitrogen and oxygen atoms in total. The van der Waals surface area contributed by atoms with Crippen molar-refractivity contribution >= 4 is 23.3 Å². The van der Waals surface area contributed by atoms with Gasteiger partial charge in [-0.1, -0.05) is 6.42 Å². The molecular weight excluding hydrogens is 565 g/mol. The van der Waals surface area contributed by atoms with Gasteiger partial charge in [-0.25, -0.2) is 14.6 Å². The molecule has 2 amide bonds. The normalized spacial score (nSPS) is 19.7. The highest BCUT2D eigenvalue weighted by atomic mass is 19.4. The quantitative estimate of drug-likeness (QED) is 0.107. The summed E-state index contributed by atoms with van der Waals surface area (Å²) in [5.74, 6) is 0.797. The summed E-state index contributed by atoms with van der Waals surface area (Å²) < 4.78 is 69.3. The van der Waals surface area contributed by atoms with Crippen molar-refractivity contribution in [3.63, 3.8) is 0 Å². The zero-order valence-electron chi connectivity index (χ0n) is 23.4. The smallest absolute Gasteiger partial charge is 0.339 e. The number of alkyl halides is 5. The van der Waals surface area contributed by atoms with Gasteiger partial charge in [0.2, 0.25) is 11.8 Å². The van der Waals surface area contributed by atoms with Crippen LogP contribution in [0.15, 0.2) is 29.6 Å². The summed E-state index contributed by atoms with van der Waals surface area (Å²) in [4.78, 5) is 30.3. The number of anilines is 1. The molecule has 42 heavy (non-hydrogen) atoms. The molecule has 2 aliphatic rings. The van der Waals surface area contributed by atoms with E-state index in [0.29, 0.717) is 0 Å². The zero-order chi connectivity index (χ0) is 30.7. The molecule has 0 spiro atoms. The van der Waals surface area contributed by atoms with E-state index < -0.39 is 61.3 Å². The first-order valence-corrected chi connectivity index (χ1v) is 13.9. The van der Waals surface area contributed by atoms with E-state index in [0.717, 1.165) is 19.3 Å². The van der Waals surface area contributed by atoms with Gasteiger partial charge in [0.05, 0.1) is 11.9 Å². The van der Waals surface area contributed by atoms with E-state index in [2.05, 4.69) is 31.2 Å². The first-order valence-electron chi connectivity index (χ1n) is 13.9. The fourth-order valence-electron chi connectivity index (χ4n) is 5.41. The highest BCUT2D eigenvalue weighted by molar-refractivity contribution is 6.00. The number of amides is 2. The number of aliphatic imine (C=N–C) groups is 1. The van der Waals surface area contributed by atoms with Crippen LogP contribution in [-0.4, -0.2) is 61.9 Å². The summed E-state index contributed by atoms with van der Waals surface area (Å²) in [6, 6.07) is -0.482. The Kier molecular flexibility index (Phi) is 9.53. The number of nitrogens with one attached hydrogen (secondary N) is 3. The second kappa shape index (κ2) is 12.8. The molecule has 1 unspecified atom stereocenters. The van der Waals surface area contributed by atoms with Crippen LogP contribution < -0.4 is 21.9 Å². The van der Waals surface area contributed by atoms with E-state index in [4.69, 9.17) is 5.84 Å². The molecule has 2 aromatic heterocycles.